The molecular weight excluding hydrogens is 384 g/mol. The van der Waals surface area contributed by atoms with Gasteiger partial charge in [0.15, 0.2) is 0 Å². The van der Waals surface area contributed by atoms with Gasteiger partial charge in [0.1, 0.15) is 23.4 Å². The van der Waals surface area contributed by atoms with Crippen molar-refractivity contribution >= 4 is 29.2 Å². The molecule has 1 amide bonds. The molecule has 1 spiro atoms. The zero-order chi connectivity index (χ0) is 19.9. The van der Waals surface area contributed by atoms with Crippen LogP contribution < -0.4 is 10.1 Å². The van der Waals surface area contributed by atoms with Crippen LogP contribution in [0.4, 0.5) is 5.69 Å². The normalized spacial score (nSPS) is 23.0. The van der Waals surface area contributed by atoms with E-state index in [9.17, 15) is 20.0 Å². The second-order valence-electron chi connectivity index (χ2n) is 6.87. The molecule has 2 aromatic heterocycles. The number of fused-ring (bicyclic) bond motifs is 2. The van der Waals surface area contributed by atoms with Gasteiger partial charge in [0, 0.05) is 6.20 Å². The Balaban J connectivity index is 1.55. The lowest BCUT2D eigenvalue weighted by Crippen LogP contribution is -2.41. The number of nitriles is 1. The summed E-state index contributed by atoms with van der Waals surface area (Å²) < 4.78 is 5.88. The molecule has 2 aromatic rings. The summed E-state index contributed by atoms with van der Waals surface area (Å²) in [4.78, 5) is 32.3. The smallest absolute Gasteiger partial charge is 0.354 e. The number of amides is 1. The molecule has 3 heterocycles. The van der Waals surface area contributed by atoms with Gasteiger partial charge in [-0.2, -0.15) is 5.26 Å². The van der Waals surface area contributed by atoms with Crippen molar-refractivity contribution in [2.45, 2.75) is 37.2 Å². The quantitative estimate of drug-likeness (QED) is 0.814. The summed E-state index contributed by atoms with van der Waals surface area (Å²) in [7, 11) is 0. The van der Waals surface area contributed by atoms with Gasteiger partial charge < -0.3 is 15.2 Å². The Hall–Kier alpha value is -3.18. The van der Waals surface area contributed by atoms with Gasteiger partial charge >= 0.3 is 5.97 Å². The maximum absolute atomic E-state index is 12.7. The first-order valence-corrected chi connectivity index (χ1v) is 9.09. The third-order valence-electron chi connectivity index (χ3n) is 5.25. The van der Waals surface area contributed by atoms with Crippen molar-refractivity contribution in [1.29, 1.82) is 5.26 Å². The Morgan fingerprint density at radius 3 is 2.82 bits per heavy atom. The van der Waals surface area contributed by atoms with E-state index in [1.807, 2.05) is 6.07 Å². The minimum Gasteiger partial charge on any atom is -0.477 e. The van der Waals surface area contributed by atoms with Crippen LogP contribution in [0.1, 0.15) is 47.4 Å². The molecule has 2 N–H and O–H groups in total. The number of nitrogens with zero attached hydrogens (tertiary/aromatic N) is 3. The molecule has 142 valence electrons. The standard InChI is InChI=1S/C19H15ClN4O4/c20-11-7-10(8-21)16(22-9-11)28-12-3-5-19(6-4-12)15-13(24-18(19)27)1-2-14(23-15)17(25)26/h1-2,7,9,12H,3-6H2,(H,24,27)(H,25,26). The van der Waals surface area contributed by atoms with Gasteiger partial charge in [-0.1, -0.05) is 11.6 Å². The molecule has 8 nitrogen and oxygen atoms in total. The molecule has 9 heteroatoms. The van der Waals surface area contributed by atoms with Crippen molar-refractivity contribution in [3.8, 4) is 11.9 Å². The Labute approximate surface area is 165 Å². The van der Waals surface area contributed by atoms with Crippen LogP contribution in [0.2, 0.25) is 5.02 Å². The molecule has 1 aliphatic heterocycles. The number of hydrogen-bond acceptors (Lipinski definition) is 6. The Bertz CT molecular complexity index is 1030. The topological polar surface area (TPSA) is 125 Å². The number of aromatic carboxylic acids is 1. The lowest BCUT2D eigenvalue weighted by molar-refractivity contribution is -0.122. The summed E-state index contributed by atoms with van der Waals surface area (Å²) in [6, 6.07) is 6.46. The highest BCUT2D eigenvalue weighted by molar-refractivity contribution is 6.30. The number of halogens is 1. The fourth-order valence-corrected chi connectivity index (χ4v) is 3.98. The fraction of sp³-hybridized carbons (Fsp3) is 0.316. The average molecular weight is 399 g/mol. The fourth-order valence-electron chi connectivity index (χ4n) is 3.82. The van der Waals surface area contributed by atoms with Gasteiger partial charge in [-0.05, 0) is 43.9 Å². The number of ether oxygens (including phenoxy) is 1. The van der Waals surface area contributed by atoms with E-state index in [0.29, 0.717) is 42.1 Å². The maximum atomic E-state index is 12.7. The molecule has 28 heavy (non-hydrogen) atoms. The Kier molecular flexibility index (Phi) is 4.40. The van der Waals surface area contributed by atoms with Gasteiger partial charge in [0.05, 0.1) is 21.8 Å². The summed E-state index contributed by atoms with van der Waals surface area (Å²) >= 11 is 5.86. The molecule has 0 radical (unpaired) electrons. The molecule has 0 saturated heterocycles. The van der Waals surface area contributed by atoms with Gasteiger partial charge in [-0.3, -0.25) is 4.79 Å². The number of carbonyl (C=O) groups is 2. The number of pyridine rings is 2. The van der Waals surface area contributed by atoms with E-state index >= 15 is 0 Å². The number of hydrogen-bond donors (Lipinski definition) is 2. The SMILES string of the molecule is N#Cc1cc(Cl)cnc1OC1CCC2(CC1)C(=O)Nc1ccc(C(=O)O)nc12. The van der Waals surface area contributed by atoms with Crippen LogP contribution in [-0.2, 0) is 10.2 Å². The molecule has 0 bridgehead atoms. The van der Waals surface area contributed by atoms with Crippen molar-refractivity contribution in [2.24, 2.45) is 0 Å². The second kappa shape index (κ2) is 6.77. The highest BCUT2D eigenvalue weighted by Crippen LogP contribution is 2.47. The largest absolute Gasteiger partial charge is 0.477 e. The monoisotopic (exact) mass is 398 g/mol. The van der Waals surface area contributed by atoms with Crippen LogP contribution in [0, 0.1) is 11.3 Å². The van der Waals surface area contributed by atoms with Crippen molar-refractivity contribution < 1.29 is 19.4 Å². The predicted octanol–water partition coefficient (Wildman–Crippen LogP) is 2.91. The van der Waals surface area contributed by atoms with Gasteiger partial charge in [0.25, 0.3) is 0 Å². The predicted molar refractivity (Wildman–Crippen MR) is 98.4 cm³/mol. The molecule has 4 rings (SSSR count). The third-order valence-corrected chi connectivity index (χ3v) is 5.46. The van der Waals surface area contributed by atoms with Crippen molar-refractivity contribution in [3.63, 3.8) is 0 Å². The second-order valence-corrected chi connectivity index (χ2v) is 7.31. The number of anilines is 1. The van der Waals surface area contributed by atoms with E-state index in [4.69, 9.17) is 16.3 Å². The number of aromatic nitrogens is 2. The molecule has 0 unspecified atom stereocenters. The van der Waals surface area contributed by atoms with E-state index in [2.05, 4.69) is 15.3 Å². The van der Waals surface area contributed by atoms with Crippen LogP contribution in [0.25, 0.3) is 0 Å². The van der Waals surface area contributed by atoms with Crippen LogP contribution in [-0.4, -0.2) is 33.1 Å². The van der Waals surface area contributed by atoms with Crippen LogP contribution in [0.3, 0.4) is 0 Å². The average Bonchev–Trinajstić information content (AvgIpc) is 2.95. The van der Waals surface area contributed by atoms with E-state index in [-0.39, 0.29) is 29.1 Å². The zero-order valence-corrected chi connectivity index (χ0v) is 15.4. The first kappa shape index (κ1) is 18.2. The van der Waals surface area contributed by atoms with Crippen LogP contribution >= 0.6 is 11.6 Å². The highest BCUT2D eigenvalue weighted by atomic mass is 35.5. The van der Waals surface area contributed by atoms with Gasteiger partial charge in [-0.25, -0.2) is 14.8 Å². The molecular formula is C19H15ClN4O4. The first-order valence-electron chi connectivity index (χ1n) is 8.71. The van der Waals surface area contributed by atoms with Gasteiger partial charge in [0.2, 0.25) is 11.8 Å². The molecule has 0 aromatic carbocycles. The van der Waals surface area contributed by atoms with Gasteiger partial charge in [-0.15, -0.1) is 0 Å². The number of carboxylic acid groups (broad SMARTS) is 1. The minimum absolute atomic E-state index is 0.0861. The number of nitrogens with one attached hydrogen (secondary N) is 1. The summed E-state index contributed by atoms with van der Waals surface area (Å²) in [5.74, 6) is -1.08. The number of rotatable bonds is 3. The summed E-state index contributed by atoms with van der Waals surface area (Å²) in [6.07, 6.45) is 3.21. The summed E-state index contributed by atoms with van der Waals surface area (Å²) in [5, 5.41) is 21.6. The molecule has 1 fully saturated rings. The van der Waals surface area contributed by atoms with E-state index in [1.54, 1.807) is 6.07 Å². The molecule has 1 aliphatic carbocycles. The Morgan fingerprint density at radius 2 is 2.14 bits per heavy atom. The van der Waals surface area contributed by atoms with E-state index in [1.165, 1.54) is 18.3 Å². The number of carbonyl (C=O) groups excluding carboxylic acids is 1. The Morgan fingerprint density at radius 1 is 1.39 bits per heavy atom. The number of carboxylic acids is 1. The first-order chi connectivity index (χ1) is 13.4. The lowest BCUT2D eigenvalue weighted by Gasteiger charge is -2.34. The third kappa shape index (κ3) is 2.94. The zero-order valence-electron chi connectivity index (χ0n) is 14.6. The van der Waals surface area contributed by atoms with Crippen LogP contribution in [0.15, 0.2) is 24.4 Å². The van der Waals surface area contributed by atoms with Crippen molar-refractivity contribution in [3.05, 3.63) is 46.4 Å². The molecule has 0 atom stereocenters. The van der Waals surface area contributed by atoms with Crippen LogP contribution in [0.5, 0.6) is 5.88 Å². The molecule has 1 saturated carbocycles. The highest BCUT2D eigenvalue weighted by Gasteiger charge is 2.50. The summed E-state index contributed by atoms with van der Waals surface area (Å²) in [6.45, 7) is 0. The van der Waals surface area contributed by atoms with E-state index < -0.39 is 11.4 Å². The summed E-state index contributed by atoms with van der Waals surface area (Å²) in [5.41, 5.74) is 0.354. The lowest BCUT2D eigenvalue weighted by atomic mass is 9.71. The van der Waals surface area contributed by atoms with Crippen molar-refractivity contribution in [1.82, 2.24) is 9.97 Å². The minimum atomic E-state index is -1.13. The molecule has 2 aliphatic rings. The van der Waals surface area contributed by atoms with E-state index in [0.717, 1.165) is 0 Å². The van der Waals surface area contributed by atoms with Crippen molar-refractivity contribution in [2.75, 3.05) is 5.32 Å². The maximum Gasteiger partial charge on any atom is 0.354 e.